The summed E-state index contributed by atoms with van der Waals surface area (Å²) in [6, 6.07) is 16.9. The van der Waals surface area contributed by atoms with Crippen LogP contribution in [0.1, 0.15) is 38.2 Å². The maximum atomic E-state index is 11.6. The molecule has 2 aromatic heterocycles. The maximum Gasteiger partial charge on any atom is 0.175 e. The number of rotatable bonds is 5. The molecule has 0 spiro atoms. The van der Waals surface area contributed by atoms with E-state index in [4.69, 9.17) is 4.98 Å². The molecule has 0 atom stereocenters. The maximum absolute atomic E-state index is 11.6. The molecule has 1 aliphatic rings. The van der Waals surface area contributed by atoms with Gasteiger partial charge in [0.25, 0.3) is 0 Å². The average Bonchev–Trinajstić information content (AvgIpc) is 3.49. The Morgan fingerprint density at radius 1 is 1.07 bits per heavy atom. The summed E-state index contributed by atoms with van der Waals surface area (Å²) >= 11 is 1.47. The number of benzene rings is 2. The van der Waals surface area contributed by atoms with Gasteiger partial charge in [-0.1, -0.05) is 42.1 Å². The molecular weight excluding hydrogens is 366 g/mol. The summed E-state index contributed by atoms with van der Waals surface area (Å²) in [5.41, 5.74) is 4.14. The zero-order chi connectivity index (χ0) is 19.3. The Morgan fingerprint density at radius 2 is 1.86 bits per heavy atom. The van der Waals surface area contributed by atoms with Gasteiger partial charge in [-0.25, -0.2) is 9.97 Å². The zero-order valence-electron chi connectivity index (χ0n) is 15.9. The summed E-state index contributed by atoms with van der Waals surface area (Å²) < 4.78 is 1.53. The van der Waals surface area contributed by atoms with Crippen LogP contribution in [-0.2, 0) is 4.79 Å². The summed E-state index contributed by atoms with van der Waals surface area (Å²) in [6.07, 6.45) is 5.31. The molecule has 2 aromatic carbocycles. The Bertz CT molecular complexity index is 1210. The highest BCUT2D eigenvalue weighted by Gasteiger charge is 2.28. The van der Waals surface area contributed by atoms with Crippen LogP contribution in [0.4, 0.5) is 0 Å². The van der Waals surface area contributed by atoms with Crippen molar-refractivity contribution in [2.45, 2.75) is 42.5 Å². The smallest absolute Gasteiger partial charge is 0.175 e. The Balaban J connectivity index is 1.80. The quantitative estimate of drug-likeness (QED) is 0.334. The highest BCUT2D eigenvalue weighted by atomic mass is 32.2. The van der Waals surface area contributed by atoms with Crippen LogP contribution in [0.3, 0.4) is 0 Å². The van der Waals surface area contributed by atoms with Crippen LogP contribution in [-0.4, -0.2) is 25.6 Å². The van der Waals surface area contributed by atoms with Gasteiger partial charge in [-0.2, -0.15) is 0 Å². The second kappa shape index (κ2) is 6.45. The van der Waals surface area contributed by atoms with Crippen molar-refractivity contribution >= 4 is 40.0 Å². The molecule has 1 fully saturated rings. The summed E-state index contributed by atoms with van der Waals surface area (Å²) in [5.74, 6) is 0.680. The Morgan fingerprint density at radius 3 is 2.61 bits per heavy atom. The molecule has 4 nitrogen and oxygen atoms in total. The fraction of sp³-hybridized carbons (Fsp3) is 0.261. The fourth-order valence-electron chi connectivity index (χ4n) is 3.69. The number of imidazole rings is 1. The number of carbonyl (C=O) groups is 1. The molecule has 2 heterocycles. The van der Waals surface area contributed by atoms with Crippen molar-refractivity contribution in [1.29, 1.82) is 0 Å². The van der Waals surface area contributed by atoms with Crippen molar-refractivity contribution in [2.75, 3.05) is 0 Å². The van der Waals surface area contributed by atoms with Crippen LogP contribution in [0.2, 0.25) is 0 Å². The molecule has 0 unspecified atom stereocenters. The minimum atomic E-state index is -0.567. The molecular formula is C23H21N3OS. The minimum Gasteiger partial charge on any atom is -0.302 e. The lowest BCUT2D eigenvalue weighted by molar-refractivity contribution is -0.109. The van der Waals surface area contributed by atoms with Gasteiger partial charge >= 0.3 is 0 Å². The first-order valence-corrected chi connectivity index (χ1v) is 10.4. The Labute approximate surface area is 168 Å². The third-order valence-electron chi connectivity index (χ3n) is 5.22. The standard InChI is InChI=1S/C23H21N3OS/c1-23(2,14-27)28-22-25-19-8-5-13-24-21(19)26(22)20-12-11-16(15-9-10-15)17-6-3-4-7-18(17)20/h3-8,11-15H,9-10H2,1-2H3. The number of aromatic nitrogens is 3. The van der Waals surface area contributed by atoms with Crippen LogP contribution < -0.4 is 0 Å². The highest BCUT2D eigenvalue weighted by molar-refractivity contribution is 8.01. The SMILES string of the molecule is CC(C)(C=O)Sc1nc2cccnc2n1-c1ccc(C2CC2)c2ccccc12. The number of aldehydes is 1. The van der Waals surface area contributed by atoms with Crippen molar-refractivity contribution in [2.24, 2.45) is 0 Å². The van der Waals surface area contributed by atoms with Crippen molar-refractivity contribution < 1.29 is 4.79 Å². The van der Waals surface area contributed by atoms with Crippen molar-refractivity contribution in [3.63, 3.8) is 0 Å². The van der Waals surface area contributed by atoms with E-state index in [1.807, 2.05) is 26.0 Å². The van der Waals surface area contributed by atoms with Gasteiger partial charge in [0.15, 0.2) is 10.8 Å². The zero-order valence-corrected chi connectivity index (χ0v) is 16.7. The topological polar surface area (TPSA) is 47.8 Å². The summed E-state index contributed by atoms with van der Waals surface area (Å²) in [6.45, 7) is 3.83. The molecule has 5 heteroatoms. The molecule has 0 aliphatic heterocycles. The molecule has 140 valence electrons. The van der Waals surface area contributed by atoms with Crippen molar-refractivity contribution in [1.82, 2.24) is 14.5 Å². The molecule has 28 heavy (non-hydrogen) atoms. The number of hydrogen-bond acceptors (Lipinski definition) is 4. The van der Waals surface area contributed by atoms with Gasteiger partial charge < -0.3 is 4.79 Å². The van der Waals surface area contributed by atoms with E-state index in [-0.39, 0.29) is 0 Å². The molecule has 1 aliphatic carbocycles. The number of hydrogen-bond donors (Lipinski definition) is 0. The average molecular weight is 388 g/mol. The second-order valence-corrected chi connectivity index (χ2v) is 9.51. The lowest BCUT2D eigenvalue weighted by Gasteiger charge is -2.18. The van der Waals surface area contributed by atoms with E-state index >= 15 is 0 Å². The van der Waals surface area contributed by atoms with Gasteiger partial charge in [-0.05, 0) is 61.8 Å². The van der Waals surface area contributed by atoms with E-state index in [1.165, 1.54) is 40.9 Å². The number of nitrogens with zero attached hydrogens (tertiary/aromatic N) is 3. The molecule has 0 radical (unpaired) electrons. The summed E-state index contributed by atoms with van der Waals surface area (Å²) in [5, 5.41) is 3.28. The normalized spacial score (nSPS) is 14.6. The van der Waals surface area contributed by atoms with E-state index in [9.17, 15) is 4.79 Å². The van der Waals surface area contributed by atoms with Crippen molar-refractivity contribution in [3.05, 3.63) is 60.3 Å². The number of fused-ring (bicyclic) bond motifs is 2. The lowest BCUT2D eigenvalue weighted by Crippen LogP contribution is -2.17. The third kappa shape index (κ3) is 2.90. The Kier molecular flexibility index (Phi) is 4.02. The predicted octanol–water partition coefficient (Wildman–Crippen LogP) is 5.52. The van der Waals surface area contributed by atoms with Crippen LogP contribution in [0.25, 0.3) is 27.6 Å². The lowest BCUT2D eigenvalue weighted by atomic mass is 9.99. The molecule has 5 rings (SSSR count). The first-order valence-electron chi connectivity index (χ1n) is 9.58. The van der Waals surface area contributed by atoms with Gasteiger partial charge in [0.05, 0.1) is 10.4 Å². The van der Waals surface area contributed by atoms with Crippen LogP contribution in [0, 0.1) is 0 Å². The molecule has 0 saturated heterocycles. The molecule has 1 saturated carbocycles. The van der Waals surface area contributed by atoms with Gasteiger partial charge in [-0.15, -0.1) is 0 Å². The fourth-order valence-corrected chi connectivity index (χ4v) is 4.63. The van der Waals surface area contributed by atoms with Gasteiger partial charge in [0, 0.05) is 11.6 Å². The number of thioether (sulfide) groups is 1. The number of pyridine rings is 1. The largest absolute Gasteiger partial charge is 0.302 e. The van der Waals surface area contributed by atoms with E-state index < -0.39 is 4.75 Å². The third-order valence-corrected chi connectivity index (χ3v) is 6.30. The number of carbonyl (C=O) groups excluding carboxylic acids is 1. The van der Waals surface area contributed by atoms with E-state index in [2.05, 4.69) is 45.9 Å². The predicted molar refractivity (Wildman–Crippen MR) is 114 cm³/mol. The minimum absolute atomic E-state index is 0.567. The van der Waals surface area contributed by atoms with Crippen LogP contribution >= 0.6 is 11.8 Å². The van der Waals surface area contributed by atoms with Gasteiger partial charge in [0.1, 0.15) is 11.8 Å². The van der Waals surface area contributed by atoms with Crippen LogP contribution in [0.15, 0.2) is 59.9 Å². The van der Waals surface area contributed by atoms with Gasteiger partial charge in [-0.3, -0.25) is 4.57 Å². The van der Waals surface area contributed by atoms with Crippen LogP contribution in [0.5, 0.6) is 0 Å². The Hall–Kier alpha value is -2.66. The first-order chi connectivity index (χ1) is 13.6. The van der Waals surface area contributed by atoms with Gasteiger partial charge in [0.2, 0.25) is 0 Å². The second-order valence-electron chi connectivity index (χ2n) is 7.89. The highest BCUT2D eigenvalue weighted by Crippen LogP contribution is 2.45. The molecule has 0 N–H and O–H groups in total. The monoisotopic (exact) mass is 387 g/mol. The summed E-state index contributed by atoms with van der Waals surface area (Å²) in [4.78, 5) is 21.0. The molecule has 0 amide bonds. The molecule has 0 bridgehead atoms. The summed E-state index contributed by atoms with van der Waals surface area (Å²) in [7, 11) is 0. The first kappa shape index (κ1) is 17.4. The van der Waals surface area contributed by atoms with E-state index in [0.717, 1.165) is 28.3 Å². The van der Waals surface area contributed by atoms with E-state index in [1.54, 1.807) is 6.20 Å². The molecule has 4 aromatic rings. The van der Waals surface area contributed by atoms with Crippen molar-refractivity contribution in [3.8, 4) is 5.69 Å². The van der Waals surface area contributed by atoms with E-state index in [0.29, 0.717) is 5.92 Å².